The van der Waals surface area contributed by atoms with Crippen molar-refractivity contribution in [2.24, 2.45) is 0 Å². The van der Waals surface area contributed by atoms with Crippen LogP contribution in [0.25, 0.3) is 22.4 Å². The lowest BCUT2D eigenvalue weighted by Gasteiger charge is -2.04. The Morgan fingerprint density at radius 3 is 2.41 bits per heavy atom. The first-order chi connectivity index (χ1) is 10.4. The molecular formula is C16H9ClF3NS. The molecule has 0 atom stereocenters. The van der Waals surface area contributed by atoms with Crippen molar-refractivity contribution >= 4 is 45.3 Å². The molecule has 0 N–H and O–H groups in total. The zero-order valence-corrected chi connectivity index (χ0v) is 12.6. The standard InChI is InChI=1S/C16H9ClF3NS/c17-12-5-1-10(2-6-12)3-8-15-21-13-9-11(16(18,19)20)4-7-14(13)22-15/h1-9H/b8-3+. The topological polar surface area (TPSA) is 12.9 Å². The van der Waals surface area contributed by atoms with Gasteiger partial charge in [0.15, 0.2) is 0 Å². The molecule has 0 unspecified atom stereocenters. The normalized spacial score (nSPS) is 12.4. The fourth-order valence-electron chi connectivity index (χ4n) is 1.93. The lowest BCUT2D eigenvalue weighted by atomic mass is 10.2. The molecule has 0 radical (unpaired) electrons. The average molecular weight is 340 g/mol. The van der Waals surface area contributed by atoms with Gasteiger partial charge in [0, 0.05) is 5.02 Å². The number of rotatable bonds is 2. The highest BCUT2D eigenvalue weighted by molar-refractivity contribution is 7.19. The molecule has 0 fully saturated rings. The number of nitrogens with zero attached hydrogens (tertiary/aromatic N) is 1. The maximum atomic E-state index is 12.7. The number of halogens is 4. The van der Waals surface area contributed by atoms with E-state index >= 15 is 0 Å². The minimum atomic E-state index is -4.35. The molecule has 0 aliphatic rings. The smallest absolute Gasteiger partial charge is 0.237 e. The fourth-order valence-corrected chi connectivity index (χ4v) is 2.91. The van der Waals surface area contributed by atoms with Gasteiger partial charge in [0.2, 0.25) is 0 Å². The first-order valence-electron chi connectivity index (χ1n) is 6.33. The molecule has 0 amide bonds. The molecule has 0 aliphatic heterocycles. The minimum Gasteiger partial charge on any atom is -0.237 e. The molecule has 0 bridgehead atoms. The molecule has 0 aliphatic carbocycles. The van der Waals surface area contributed by atoms with Crippen molar-refractivity contribution < 1.29 is 13.2 Å². The minimum absolute atomic E-state index is 0.357. The van der Waals surface area contributed by atoms with Crippen molar-refractivity contribution in [1.82, 2.24) is 4.98 Å². The number of aromatic nitrogens is 1. The van der Waals surface area contributed by atoms with Crippen LogP contribution in [0.3, 0.4) is 0 Å². The SMILES string of the molecule is FC(F)(F)c1ccc2sc(/C=C/c3ccc(Cl)cc3)nc2c1. The van der Waals surface area contributed by atoms with Crippen LogP contribution in [-0.2, 0) is 6.18 Å². The third kappa shape index (κ3) is 3.31. The van der Waals surface area contributed by atoms with Gasteiger partial charge in [0.1, 0.15) is 5.01 Å². The molecule has 1 nitrogen and oxygen atoms in total. The molecular weight excluding hydrogens is 331 g/mol. The van der Waals surface area contributed by atoms with E-state index in [1.165, 1.54) is 17.4 Å². The highest BCUT2D eigenvalue weighted by Gasteiger charge is 2.30. The first kappa shape index (κ1) is 15.1. The van der Waals surface area contributed by atoms with Crippen LogP contribution >= 0.6 is 22.9 Å². The predicted molar refractivity (Wildman–Crippen MR) is 85.0 cm³/mol. The van der Waals surface area contributed by atoms with E-state index in [1.807, 2.05) is 18.2 Å². The van der Waals surface area contributed by atoms with E-state index in [2.05, 4.69) is 4.98 Å². The summed E-state index contributed by atoms with van der Waals surface area (Å²) in [6, 6.07) is 10.9. The Bertz CT molecular complexity index is 835. The van der Waals surface area contributed by atoms with E-state index in [-0.39, 0.29) is 0 Å². The number of hydrogen-bond donors (Lipinski definition) is 0. The molecule has 1 aromatic heterocycles. The van der Waals surface area contributed by atoms with Crippen LogP contribution in [0.1, 0.15) is 16.1 Å². The van der Waals surface area contributed by atoms with Crippen LogP contribution in [-0.4, -0.2) is 4.98 Å². The van der Waals surface area contributed by atoms with Gasteiger partial charge in [0.05, 0.1) is 15.8 Å². The second-order valence-corrected chi connectivity index (χ2v) is 6.12. The maximum absolute atomic E-state index is 12.7. The summed E-state index contributed by atoms with van der Waals surface area (Å²) >= 11 is 7.16. The van der Waals surface area contributed by atoms with Crippen LogP contribution in [0, 0.1) is 0 Å². The quantitative estimate of drug-likeness (QED) is 0.546. The summed E-state index contributed by atoms with van der Waals surface area (Å²) in [6.07, 6.45) is -0.725. The predicted octanol–water partition coefficient (Wildman–Crippen LogP) is 6.14. The van der Waals surface area contributed by atoms with Crippen LogP contribution in [0.2, 0.25) is 5.02 Å². The van der Waals surface area contributed by atoms with Crippen LogP contribution < -0.4 is 0 Å². The van der Waals surface area contributed by atoms with E-state index < -0.39 is 11.7 Å². The van der Waals surface area contributed by atoms with Crippen LogP contribution in [0.5, 0.6) is 0 Å². The summed E-state index contributed by atoms with van der Waals surface area (Å²) in [7, 11) is 0. The van der Waals surface area contributed by atoms with Crippen molar-refractivity contribution in [2.45, 2.75) is 6.18 Å². The number of fused-ring (bicyclic) bond motifs is 1. The molecule has 1 heterocycles. The summed E-state index contributed by atoms with van der Waals surface area (Å²) in [6.45, 7) is 0. The molecule has 3 rings (SSSR count). The third-order valence-electron chi connectivity index (χ3n) is 3.02. The molecule has 6 heteroatoms. The summed E-state index contributed by atoms with van der Waals surface area (Å²) < 4.78 is 38.8. The summed E-state index contributed by atoms with van der Waals surface area (Å²) in [5.41, 5.74) is 0.619. The van der Waals surface area contributed by atoms with Crippen LogP contribution in [0.4, 0.5) is 13.2 Å². The maximum Gasteiger partial charge on any atom is 0.416 e. The number of thiazole rings is 1. The van der Waals surface area contributed by atoms with Crippen molar-refractivity contribution in [2.75, 3.05) is 0 Å². The molecule has 22 heavy (non-hydrogen) atoms. The number of hydrogen-bond acceptors (Lipinski definition) is 2. The Hall–Kier alpha value is -1.85. The lowest BCUT2D eigenvalue weighted by Crippen LogP contribution is -2.03. The van der Waals surface area contributed by atoms with Gasteiger partial charge in [-0.1, -0.05) is 29.8 Å². The van der Waals surface area contributed by atoms with Crippen molar-refractivity contribution in [3.8, 4) is 0 Å². The first-order valence-corrected chi connectivity index (χ1v) is 7.53. The van der Waals surface area contributed by atoms with Gasteiger partial charge in [0.25, 0.3) is 0 Å². The van der Waals surface area contributed by atoms with Gasteiger partial charge in [-0.25, -0.2) is 4.98 Å². The number of alkyl halides is 3. The summed E-state index contributed by atoms with van der Waals surface area (Å²) in [4.78, 5) is 4.23. The van der Waals surface area contributed by atoms with Gasteiger partial charge < -0.3 is 0 Å². The zero-order valence-electron chi connectivity index (χ0n) is 11.1. The Morgan fingerprint density at radius 1 is 1.00 bits per heavy atom. The van der Waals surface area contributed by atoms with Gasteiger partial charge in [-0.2, -0.15) is 13.2 Å². The van der Waals surface area contributed by atoms with Crippen LogP contribution in [0.15, 0.2) is 42.5 Å². The fraction of sp³-hybridized carbons (Fsp3) is 0.0625. The van der Waals surface area contributed by atoms with Gasteiger partial charge in [-0.05, 0) is 42.0 Å². The number of benzene rings is 2. The Labute approximate surface area is 133 Å². The summed E-state index contributed by atoms with van der Waals surface area (Å²) in [5.74, 6) is 0. The third-order valence-corrected chi connectivity index (χ3v) is 4.27. The average Bonchev–Trinajstić information content (AvgIpc) is 2.87. The van der Waals surface area contributed by atoms with Crippen molar-refractivity contribution in [1.29, 1.82) is 0 Å². The molecule has 0 spiro atoms. The molecule has 0 saturated heterocycles. The van der Waals surface area contributed by atoms with Crippen molar-refractivity contribution in [3.63, 3.8) is 0 Å². The zero-order chi connectivity index (χ0) is 15.7. The van der Waals surface area contributed by atoms with E-state index in [0.717, 1.165) is 22.4 Å². The Balaban J connectivity index is 1.90. The Morgan fingerprint density at radius 2 is 1.73 bits per heavy atom. The monoisotopic (exact) mass is 339 g/mol. The molecule has 0 saturated carbocycles. The Kier molecular flexibility index (Phi) is 3.93. The van der Waals surface area contributed by atoms with E-state index in [4.69, 9.17) is 11.6 Å². The van der Waals surface area contributed by atoms with Crippen molar-refractivity contribution in [3.05, 3.63) is 63.6 Å². The van der Waals surface area contributed by atoms with Gasteiger partial charge in [-0.3, -0.25) is 0 Å². The second-order valence-electron chi connectivity index (χ2n) is 4.62. The van der Waals surface area contributed by atoms with E-state index in [9.17, 15) is 13.2 Å². The van der Waals surface area contributed by atoms with Gasteiger partial charge in [-0.15, -0.1) is 11.3 Å². The highest BCUT2D eigenvalue weighted by atomic mass is 35.5. The van der Waals surface area contributed by atoms with Gasteiger partial charge >= 0.3 is 6.18 Å². The highest BCUT2D eigenvalue weighted by Crippen LogP contribution is 2.33. The molecule has 3 aromatic rings. The van der Waals surface area contributed by atoms with E-state index in [0.29, 0.717) is 15.5 Å². The lowest BCUT2D eigenvalue weighted by molar-refractivity contribution is -0.137. The second kappa shape index (κ2) is 5.74. The van der Waals surface area contributed by atoms with E-state index in [1.54, 1.807) is 18.2 Å². The molecule has 2 aromatic carbocycles. The summed E-state index contributed by atoms with van der Waals surface area (Å²) in [5, 5.41) is 1.31. The largest absolute Gasteiger partial charge is 0.416 e. The molecule has 112 valence electrons.